The number of piperidine rings is 1. The molecule has 0 spiro atoms. The molecule has 2 aliphatic rings. The molecule has 0 saturated carbocycles. The summed E-state index contributed by atoms with van der Waals surface area (Å²) >= 11 is 0. The molecule has 0 aliphatic carbocycles. The van der Waals surface area contributed by atoms with E-state index in [4.69, 9.17) is 9.57 Å². The molecule has 2 rings (SSSR count). The van der Waals surface area contributed by atoms with Crippen LogP contribution in [0.25, 0.3) is 0 Å². The van der Waals surface area contributed by atoms with Crippen LogP contribution < -0.4 is 0 Å². The monoisotopic (exact) mass is 281 g/mol. The number of carbonyl (C=O) groups is 1. The molecule has 0 radical (unpaired) electrons. The first kappa shape index (κ1) is 14.6. The van der Waals surface area contributed by atoms with Crippen molar-refractivity contribution in [1.29, 1.82) is 0 Å². The van der Waals surface area contributed by atoms with E-state index < -0.39 is 18.0 Å². The summed E-state index contributed by atoms with van der Waals surface area (Å²) in [5.41, 5.74) is 0. The molecule has 4 atom stereocenters. The van der Waals surface area contributed by atoms with Crippen molar-refractivity contribution < 1.29 is 27.5 Å². The Kier molecular flexibility index (Phi) is 4.35. The number of hydroxylamine groups is 2. The highest BCUT2D eigenvalue weighted by Gasteiger charge is 2.54. The summed E-state index contributed by atoms with van der Waals surface area (Å²) in [4.78, 5) is 15.9. The van der Waals surface area contributed by atoms with Crippen LogP contribution in [0.4, 0.5) is 13.2 Å². The Morgan fingerprint density at radius 2 is 2.21 bits per heavy atom. The standard InChI is InChI=1S/C12H18F3NO3/c1-8(17)18-6-2-3-11-9-7-19-16(11)5-4-10(9)12(13,14)15/h9-11H,2-7H2,1H3/t9-,10-,11-/m1/s1. The first-order chi connectivity index (χ1) is 8.89. The largest absolute Gasteiger partial charge is 0.466 e. The fourth-order valence-corrected chi connectivity index (χ4v) is 2.97. The van der Waals surface area contributed by atoms with Crippen LogP contribution >= 0.6 is 0 Å². The lowest BCUT2D eigenvalue weighted by Gasteiger charge is -2.36. The number of hydrogen-bond acceptors (Lipinski definition) is 4. The van der Waals surface area contributed by atoms with Gasteiger partial charge in [0.1, 0.15) is 0 Å². The summed E-state index contributed by atoms with van der Waals surface area (Å²) in [5, 5.41) is 1.67. The third-order valence-corrected chi connectivity index (χ3v) is 3.84. The zero-order valence-electron chi connectivity index (χ0n) is 10.8. The summed E-state index contributed by atoms with van der Waals surface area (Å²) in [6, 6.07) is -0.212. The summed E-state index contributed by atoms with van der Waals surface area (Å²) in [6.07, 6.45) is -2.93. The van der Waals surface area contributed by atoms with Crippen LogP contribution in [-0.2, 0) is 14.4 Å². The number of ether oxygens (including phenoxy) is 1. The average molecular weight is 281 g/mol. The third-order valence-electron chi connectivity index (χ3n) is 3.84. The molecule has 0 aromatic heterocycles. The molecule has 2 bridgehead atoms. The molecular weight excluding hydrogens is 263 g/mol. The molecule has 110 valence electrons. The van der Waals surface area contributed by atoms with E-state index in [0.717, 1.165) is 0 Å². The molecule has 0 aromatic carbocycles. The van der Waals surface area contributed by atoms with E-state index in [1.165, 1.54) is 6.92 Å². The number of alkyl halides is 3. The SMILES string of the molecule is CC(=O)OCCC[C@@H]1[C@@H]2CON1CC[C@H]2C(F)(F)F. The minimum absolute atomic E-state index is 0.106. The number of rotatable bonds is 4. The fourth-order valence-electron chi connectivity index (χ4n) is 2.97. The minimum atomic E-state index is -4.15. The van der Waals surface area contributed by atoms with Crippen LogP contribution in [0.15, 0.2) is 0 Å². The van der Waals surface area contributed by atoms with Gasteiger partial charge in [-0.2, -0.15) is 18.2 Å². The fraction of sp³-hybridized carbons (Fsp3) is 0.917. The van der Waals surface area contributed by atoms with Gasteiger partial charge in [-0.3, -0.25) is 9.63 Å². The molecule has 2 aliphatic heterocycles. The number of fused-ring (bicyclic) bond motifs is 2. The van der Waals surface area contributed by atoms with Crippen LogP contribution in [0.1, 0.15) is 26.2 Å². The lowest BCUT2D eigenvalue weighted by Crippen LogP contribution is -2.46. The van der Waals surface area contributed by atoms with Crippen LogP contribution in [-0.4, -0.2) is 43.0 Å². The first-order valence-electron chi connectivity index (χ1n) is 6.49. The van der Waals surface area contributed by atoms with Crippen molar-refractivity contribution in [3.8, 4) is 0 Å². The summed E-state index contributed by atoms with van der Waals surface area (Å²) in [6.45, 7) is 2.03. The van der Waals surface area contributed by atoms with Gasteiger partial charge in [-0.15, -0.1) is 0 Å². The maximum Gasteiger partial charge on any atom is 0.392 e. The molecular formula is C12H18F3NO3. The van der Waals surface area contributed by atoms with Gasteiger partial charge in [0.15, 0.2) is 0 Å². The lowest BCUT2D eigenvalue weighted by atomic mass is 9.80. The number of halogens is 3. The van der Waals surface area contributed by atoms with Gasteiger partial charge in [-0.1, -0.05) is 0 Å². The maximum absolute atomic E-state index is 12.9. The van der Waals surface area contributed by atoms with Gasteiger partial charge in [-0.05, 0) is 19.3 Å². The average Bonchev–Trinajstić information content (AvgIpc) is 2.55. The number of carbonyl (C=O) groups excluding carboxylic acids is 1. The zero-order valence-corrected chi connectivity index (χ0v) is 10.8. The van der Waals surface area contributed by atoms with Gasteiger partial charge in [0.25, 0.3) is 0 Å². The highest BCUT2D eigenvalue weighted by molar-refractivity contribution is 5.65. The van der Waals surface area contributed by atoms with Crippen molar-refractivity contribution in [2.24, 2.45) is 11.8 Å². The summed E-state index contributed by atoms with van der Waals surface area (Å²) < 4.78 is 43.6. The van der Waals surface area contributed by atoms with E-state index in [2.05, 4.69) is 0 Å². The molecule has 4 nitrogen and oxygen atoms in total. The molecule has 7 heteroatoms. The van der Waals surface area contributed by atoms with Crippen molar-refractivity contribution in [1.82, 2.24) is 5.06 Å². The van der Waals surface area contributed by atoms with E-state index in [1.807, 2.05) is 0 Å². The van der Waals surface area contributed by atoms with Gasteiger partial charge in [0.2, 0.25) is 0 Å². The topological polar surface area (TPSA) is 38.8 Å². The van der Waals surface area contributed by atoms with E-state index in [-0.39, 0.29) is 31.6 Å². The molecule has 1 unspecified atom stereocenters. The van der Waals surface area contributed by atoms with Crippen molar-refractivity contribution in [2.75, 3.05) is 19.8 Å². The molecule has 2 heterocycles. The second-order valence-corrected chi connectivity index (χ2v) is 5.09. The predicted molar refractivity (Wildman–Crippen MR) is 60.0 cm³/mol. The summed E-state index contributed by atoms with van der Waals surface area (Å²) in [7, 11) is 0. The Labute approximate surface area is 109 Å². The Morgan fingerprint density at radius 1 is 1.47 bits per heavy atom. The lowest BCUT2D eigenvalue weighted by molar-refractivity contribution is -0.205. The van der Waals surface area contributed by atoms with E-state index in [9.17, 15) is 18.0 Å². The first-order valence-corrected chi connectivity index (χ1v) is 6.49. The van der Waals surface area contributed by atoms with Gasteiger partial charge < -0.3 is 4.74 Å². The number of hydrogen-bond donors (Lipinski definition) is 0. The second kappa shape index (κ2) is 5.66. The van der Waals surface area contributed by atoms with Gasteiger partial charge in [0.05, 0.1) is 19.1 Å². The van der Waals surface area contributed by atoms with Crippen molar-refractivity contribution in [3.63, 3.8) is 0 Å². The minimum Gasteiger partial charge on any atom is -0.466 e. The molecule has 2 fully saturated rings. The predicted octanol–water partition coefficient (Wildman–Crippen LogP) is 2.14. The molecule has 0 N–H and O–H groups in total. The molecule has 19 heavy (non-hydrogen) atoms. The van der Waals surface area contributed by atoms with Crippen LogP contribution in [0.2, 0.25) is 0 Å². The highest BCUT2D eigenvalue weighted by Crippen LogP contribution is 2.45. The van der Waals surface area contributed by atoms with Gasteiger partial charge in [0, 0.05) is 25.4 Å². The zero-order chi connectivity index (χ0) is 14.0. The quantitative estimate of drug-likeness (QED) is 0.584. The Hall–Kier alpha value is -0.820. The van der Waals surface area contributed by atoms with Crippen molar-refractivity contribution in [2.45, 2.75) is 38.4 Å². The maximum atomic E-state index is 12.9. The Balaban J connectivity index is 1.88. The van der Waals surface area contributed by atoms with Gasteiger partial charge >= 0.3 is 12.1 Å². The van der Waals surface area contributed by atoms with E-state index in [1.54, 1.807) is 5.06 Å². The van der Waals surface area contributed by atoms with Crippen LogP contribution in [0.5, 0.6) is 0 Å². The normalized spacial score (nSPS) is 34.3. The molecule has 0 aromatic rings. The molecule has 2 saturated heterocycles. The third kappa shape index (κ3) is 3.39. The Bertz CT molecular complexity index is 335. The van der Waals surface area contributed by atoms with Crippen molar-refractivity contribution in [3.05, 3.63) is 0 Å². The Morgan fingerprint density at radius 3 is 2.84 bits per heavy atom. The smallest absolute Gasteiger partial charge is 0.392 e. The highest BCUT2D eigenvalue weighted by atomic mass is 19.4. The van der Waals surface area contributed by atoms with Gasteiger partial charge in [-0.25, -0.2) is 0 Å². The van der Waals surface area contributed by atoms with E-state index >= 15 is 0 Å². The second-order valence-electron chi connectivity index (χ2n) is 5.09. The molecule has 0 amide bonds. The van der Waals surface area contributed by atoms with E-state index in [0.29, 0.717) is 19.4 Å². The number of nitrogens with zero attached hydrogens (tertiary/aromatic N) is 1. The van der Waals surface area contributed by atoms with Crippen LogP contribution in [0, 0.1) is 11.8 Å². The number of esters is 1. The summed E-state index contributed by atoms with van der Waals surface area (Å²) in [5.74, 6) is -2.13. The van der Waals surface area contributed by atoms with Crippen molar-refractivity contribution >= 4 is 5.97 Å². The van der Waals surface area contributed by atoms with Crippen LogP contribution in [0.3, 0.4) is 0 Å².